The van der Waals surface area contributed by atoms with Crippen LogP contribution >= 0.6 is 0 Å². The zero-order valence-corrected chi connectivity index (χ0v) is 44.8. The Labute approximate surface area is 425 Å². The molecule has 0 amide bonds. The van der Waals surface area contributed by atoms with Crippen molar-refractivity contribution in [3.8, 4) is 0 Å². The number of ether oxygens (including phenoxy) is 3. The fourth-order valence-electron chi connectivity index (χ4n) is 7.58. The Hall–Kier alpha value is -3.93. The van der Waals surface area contributed by atoms with Crippen LogP contribution in [0.1, 0.15) is 252 Å². The highest BCUT2D eigenvalue weighted by Crippen LogP contribution is 2.15. The third-order valence-corrected chi connectivity index (χ3v) is 11.8. The second-order valence-electron chi connectivity index (χ2n) is 18.4. The summed E-state index contributed by atoms with van der Waals surface area (Å²) in [4.78, 5) is 37.8. The van der Waals surface area contributed by atoms with Crippen LogP contribution in [-0.2, 0) is 28.6 Å². The Morgan fingerprint density at radius 2 is 0.565 bits per heavy atom. The van der Waals surface area contributed by atoms with Gasteiger partial charge in [-0.2, -0.15) is 0 Å². The predicted molar refractivity (Wildman–Crippen MR) is 297 cm³/mol. The van der Waals surface area contributed by atoms with Crippen LogP contribution in [-0.4, -0.2) is 37.2 Å². The average molecular weight is 958 g/mol. The molecule has 6 nitrogen and oxygen atoms in total. The molecule has 0 aliphatic carbocycles. The van der Waals surface area contributed by atoms with Gasteiger partial charge in [0.15, 0.2) is 6.10 Å². The lowest BCUT2D eigenvalue weighted by Gasteiger charge is -2.18. The van der Waals surface area contributed by atoms with Crippen molar-refractivity contribution in [2.45, 2.75) is 258 Å². The van der Waals surface area contributed by atoms with Gasteiger partial charge in [0.25, 0.3) is 0 Å². The molecule has 0 rings (SSSR count). The van der Waals surface area contributed by atoms with E-state index in [1.807, 2.05) is 0 Å². The van der Waals surface area contributed by atoms with Crippen molar-refractivity contribution < 1.29 is 28.6 Å². The Morgan fingerprint density at radius 1 is 0.304 bits per heavy atom. The van der Waals surface area contributed by atoms with Crippen LogP contribution in [0.3, 0.4) is 0 Å². The van der Waals surface area contributed by atoms with Crippen molar-refractivity contribution in [2.24, 2.45) is 0 Å². The van der Waals surface area contributed by atoms with E-state index in [1.54, 1.807) is 0 Å². The lowest BCUT2D eigenvalue weighted by molar-refractivity contribution is -0.167. The molecule has 1 unspecified atom stereocenters. The van der Waals surface area contributed by atoms with Gasteiger partial charge in [0.05, 0.1) is 0 Å². The number of hydrogen-bond donors (Lipinski definition) is 0. The molecule has 0 spiro atoms. The fraction of sp³-hybridized carbons (Fsp3) is 0.667. The summed E-state index contributed by atoms with van der Waals surface area (Å²) in [6.07, 6.45) is 77.0. The Balaban J connectivity index is 4.12. The van der Waals surface area contributed by atoms with E-state index in [4.69, 9.17) is 14.2 Å². The molecular weight excluding hydrogens is 853 g/mol. The molecule has 0 radical (unpaired) electrons. The van der Waals surface area contributed by atoms with Crippen LogP contribution in [0.15, 0.2) is 109 Å². The Bertz CT molecular complexity index is 1420. The summed E-state index contributed by atoms with van der Waals surface area (Å²) in [6, 6.07) is 0. The van der Waals surface area contributed by atoms with Crippen molar-refractivity contribution in [1.82, 2.24) is 0 Å². The van der Waals surface area contributed by atoms with Crippen LogP contribution in [0.5, 0.6) is 0 Å². The van der Waals surface area contributed by atoms with Crippen LogP contribution in [0.4, 0.5) is 0 Å². The summed E-state index contributed by atoms with van der Waals surface area (Å²) in [5, 5.41) is 0. The molecule has 0 aromatic carbocycles. The van der Waals surface area contributed by atoms with Gasteiger partial charge >= 0.3 is 17.9 Å². The van der Waals surface area contributed by atoms with E-state index in [0.717, 1.165) is 135 Å². The van der Waals surface area contributed by atoms with Crippen LogP contribution in [0.2, 0.25) is 0 Å². The Morgan fingerprint density at radius 3 is 0.899 bits per heavy atom. The maximum atomic E-state index is 12.8. The molecule has 0 saturated heterocycles. The fourth-order valence-corrected chi connectivity index (χ4v) is 7.58. The van der Waals surface area contributed by atoms with Gasteiger partial charge in [0, 0.05) is 19.3 Å². The number of carbonyl (C=O) groups is 3. The number of allylic oxidation sites excluding steroid dienone is 18. The van der Waals surface area contributed by atoms with Crippen LogP contribution < -0.4 is 0 Å². The van der Waals surface area contributed by atoms with E-state index >= 15 is 0 Å². The predicted octanol–water partition coefficient (Wildman–Crippen LogP) is 19.1. The van der Waals surface area contributed by atoms with Crippen LogP contribution in [0.25, 0.3) is 0 Å². The van der Waals surface area contributed by atoms with Gasteiger partial charge in [0.1, 0.15) is 13.2 Å². The summed E-state index contributed by atoms with van der Waals surface area (Å²) in [5.41, 5.74) is 0. The lowest BCUT2D eigenvalue weighted by atomic mass is 10.0. The number of carbonyl (C=O) groups excluding carboxylic acids is 3. The zero-order chi connectivity index (χ0) is 50.0. The first-order valence-corrected chi connectivity index (χ1v) is 28.4. The lowest BCUT2D eigenvalue weighted by Crippen LogP contribution is -2.30. The van der Waals surface area contributed by atoms with E-state index in [0.29, 0.717) is 12.8 Å². The minimum atomic E-state index is -0.793. The van der Waals surface area contributed by atoms with Crippen molar-refractivity contribution in [3.05, 3.63) is 109 Å². The SMILES string of the molecule is CC/C=C\C/C=C\C/C=C\C/C=C\C/C=C\CCCCCC(=O)OC(COC(=O)CCCCCCC)COC(=O)CCCCCCCCCCCCCCCC/C=C\C/C=C\C/C=C\C/C=C\CC. The van der Waals surface area contributed by atoms with Gasteiger partial charge in [-0.05, 0) is 103 Å². The minimum Gasteiger partial charge on any atom is -0.462 e. The maximum absolute atomic E-state index is 12.8. The van der Waals surface area contributed by atoms with Gasteiger partial charge in [0.2, 0.25) is 0 Å². The van der Waals surface area contributed by atoms with E-state index in [1.165, 1.54) is 77.0 Å². The van der Waals surface area contributed by atoms with Gasteiger partial charge < -0.3 is 14.2 Å². The zero-order valence-electron chi connectivity index (χ0n) is 44.8. The van der Waals surface area contributed by atoms with Crippen molar-refractivity contribution in [3.63, 3.8) is 0 Å². The maximum Gasteiger partial charge on any atom is 0.306 e. The third kappa shape index (κ3) is 54.9. The summed E-state index contributed by atoms with van der Waals surface area (Å²) < 4.78 is 16.7. The van der Waals surface area contributed by atoms with Gasteiger partial charge in [-0.1, -0.05) is 239 Å². The monoisotopic (exact) mass is 957 g/mol. The molecule has 0 fully saturated rings. The molecule has 0 bridgehead atoms. The molecule has 0 saturated carbocycles. The third-order valence-electron chi connectivity index (χ3n) is 11.8. The first-order chi connectivity index (χ1) is 34.0. The van der Waals surface area contributed by atoms with Crippen molar-refractivity contribution in [1.29, 1.82) is 0 Å². The second kappa shape index (κ2) is 56.7. The van der Waals surface area contributed by atoms with E-state index in [9.17, 15) is 14.4 Å². The molecule has 0 heterocycles. The highest BCUT2D eigenvalue weighted by molar-refractivity contribution is 5.71. The molecule has 0 aromatic rings. The number of unbranched alkanes of at least 4 members (excludes halogenated alkanes) is 21. The molecule has 6 heteroatoms. The second-order valence-corrected chi connectivity index (χ2v) is 18.4. The number of rotatable bonds is 50. The van der Waals surface area contributed by atoms with Crippen molar-refractivity contribution >= 4 is 17.9 Å². The van der Waals surface area contributed by atoms with Gasteiger partial charge in [-0.15, -0.1) is 0 Å². The molecule has 0 aromatic heterocycles. The highest BCUT2D eigenvalue weighted by Gasteiger charge is 2.19. The summed E-state index contributed by atoms with van der Waals surface area (Å²) in [6.45, 7) is 6.30. The molecular formula is C63H104O6. The standard InChI is InChI=1S/C63H104O6/c1-4-7-10-13-15-17-19-21-23-25-27-28-29-30-31-32-33-34-36-37-39-41-43-45-47-50-53-56-62(65)68-59-60(58-67-61(64)55-52-49-12-9-6-3)69-63(66)57-54-51-48-46-44-42-40-38-35-26-24-22-20-18-16-14-11-8-5-2/h7-8,10-11,15-18,21-24,27-28,35,38,42,44,60H,4-6,9,12-14,19-20,25-26,29-34,36-37,39-41,43,45-59H2,1-3H3/b10-7-,11-8-,17-15-,18-16-,23-21-,24-22-,28-27-,38-35-,44-42-. The van der Waals surface area contributed by atoms with Crippen molar-refractivity contribution in [2.75, 3.05) is 13.2 Å². The van der Waals surface area contributed by atoms with E-state index in [2.05, 4.69) is 130 Å². The smallest absolute Gasteiger partial charge is 0.306 e. The number of esters is 3. The summed E-state index contributed by atoms with van der Waals surface area (Å²) in [7, 11) is 0. The first-order valence-electron chi connectivity index (χ1n) is 28.4. The molecule has 1 atom stereocenters. The normalized spacial score (nSPS) is 12.9. The van der Waals surface area contributed by atoms with E-state index in [-0.39, 0.29) is 37.5 Å². The molecule has 0 N–H and O–H groups in total. The first kappa shape index (κ1) is 65.1. The van der Waals surface area contributed by atoms with E-state index < -0.39 is 6.10 Å². The largest absolute Gasteiger partial charge is 0.462 e. The summed E-state index contributed by atoms with van der Waals surface area (Å²) in [5.74, 6) is -0.940. The topological polar surface area (TPSA) is 78.9 Å². The van der Waals surface area contributed by atoms with Crippen LogP contribution in [0, 0.1) is 0 Å². The minimum absolute atomic E-state index is 0.0922. The average Bonchev–Trinajstić information content (AvgIpc) is 3.35. The molecule has 392 valence electrons. The number of hydrogen-bond acceptors (Lipinski definition) is 6. The van der Waals surface area contributed by atoms with Gasteiger partial charge in [-0.3, -0.25) is 14.4 Å². The molecule has 0 aliphatic rings. The molecule has 0 aliphatic heterocycles. The van der Waals surface area contributed by atoms with Gasteiger partial charge in [-0.25, -0.2) is 0 Å². The Kier molecular flexibility index (Phi) is 53.4. The summed E-state index contributed by atoms with van der Waals surface area (Å²) >= 11 is 0. The highest BCUT2D eigenvalue weighted by atomic mass is 16.6. The molecule has 69 heavy (non-hydrogen) atoms. The quantitative estimate of drug-likeness (QED) is 0.0262.